The van der Waals surface area contributed by atoms with E-state index in [0.717, 1.165) is 32.5 Å². The van der Waals surface area contributed by atoms with E-state index in [1.54, 1.807) is 6.20 Å². The van der Waals surface area contributed by atoms with Gasteiger partial charge in [0.15, 0.2) is 0 Å². The van der Waals surface area contributed by atoms with E-state index >= 15 is 0 Å². The van der Waals surface area contributed by atoms with Crippen LogP contribution in [0.5, 0.6) is 0 Å². The third-order valence-electron chi connectivity index (χ3n) is 5.34. The topological polar surface area (TPSA) is 36.4 Å². The molecular formula is C19H29N3O. The summed E-state index contributed by atoms with van der Waals surface area (Å²) in [6.07, 6.45) is 9.11. The Morgan fingerprint density at radius 2 is 2.13 bits per heavy atom. The average molecular weight is 315 g/mol. The maximum absolute atomic E-state index is 12.8. The zero-order chi connectivity index (χ0) is 16.2. The Hall–Kier alpha value is -1.58. The number of piperidine rings is 2. The number of nitrogens with zero attached hydrogens (tertiary/aromatic N) is 3. The first-order valence-corrected chi connectivity index (χ1v) is 9.21. The van der Waals surface area contributed by atoms with Crippen molar-refractivity contribution in [2.24, 2.45) is 5.92 Å². The van der Waals surface area contributed by atoms with Crippen molar-refractivity contribution in [2.45, 2.75) is 58.4 Å². The van der Waals surface area contributed by atoms with Crippen LogP contribution in [0, 0.1) is 5.92 Å². The molecule has 2 unspecified atom stereocenters. The van der Waals surface area contributed by atoms with Crippen molar-refractivity contribution in [3.63, 3.8) is 0 Å². The fraction of sp³-hybridized carbons (Fsp3) is 0.684. The molecule has 3 rings (SSSR count). The Kier molecular flexibility index (Phi) is 5.19. The molecule has 1 aromatic heterocycles. The molecule has 0 radical (unpaired) electrons. The number of hydrogen-bond donors (Lipinski definition) is 0. The molecule has 2 fully saturated rings. The van der Waals surface area contributed by atoms with Gasteiger partial charge in [-0.1, -0.05) is 13.8 Å². The Labute approximate surface area is 139 Å². The monoisotopic (exact) mass is 315 g/mol. The molecule has 126 valence electrons. The summed E-state index contributed by atoms with van der Waals surface area (Å²) in [5, 5.41) is 0. The molecule has 2 aliphatic rings. The van der Waals surface area contributed by atoms with Crippen LogP contribution in [-0.2, 0) is 0 Å². The summed E-state index contributed by atoms with van der Waals surface area (Å²) in [6, 6.07) is 4.67. The van der Waals surface area contributed by atoms with E-state index in [1.165, 1.54) is 31.4 Å². The number of rotatable bonds is 3. The zero-order valence-electron chi connectivity index (χ0n) is 14.5. The highest BCUT2D eigenvalue weighted by Gasteiger charge is 2.25. The fourth-order valence-electron chi connectivity index (χ4n) is 4.02. The highest BCUT2D eigenvalue weighted by atomic mass is 16.2. The largest absolute Gasteiger partial charge is 0.368 e. The van der Waals surface area contributed by atoms with Crippen LogP contribution >= 0.6 is 0 Å². The van der Waals surface area contributed by atoms with Gasteiger partial charge in [0, 0.05) is 37.6 Å². The molecular weight excluding hydrogens is 286 g/mol. The first-order chi connectivity index (χ1) is 11.2. The minimum absolute atomic E-state index is 0.100. The molecule has 1 amide bonds. The second kappa shape index (κ2) is 7.33. The Morgan fingerprint density at radius 3 is 2.91 bits per heavy atom. The first kappa shape index (κ1) is 16.3. The van der Waals surface area contributed by atoms with Gasteiger partial charge < -0.3 is 9.80 Å². The lowest BCUT2D eigenvalue weighted by molar-refractivity contribution is 0.0677. The predicted octanol–water partition coefficient (Wildman–Crippen LogP) is 3.72. The number of amides is 1. The maximum atomic E-state index is 12.8. The van der Waals surface area contributed by atoms with E-state index in [4.69, 9.17) is 0 Å². The molecule has 0 aromatic carbocycles. The van der Waals surface area contributed by atoms with Crippen molar-refractivity contribution in [1.82, 2.24) is 9.88 Å². The van der Waals surface area contributed by atoms with Gasteiger partial charge in [0.2, 0.25) is 0 Å². The van der Waals surface area contributed by atoms with Crippen molar-refractivity contribution < 1.29 is 4.79 Å². The lowest BCUT2D eigenvalue weighted by atomic mass is 9.99. The van der Waals surface area contributed by atoms with E-state index in [2.05, 4.69) is 29.8 Å². The summed E-state index contributed by atoms with van der Waals surface area (Å²) in [6.45, 7) is 7.31. The summed E-state index contributed by atoms with van der Waals surface area (Å²) < 4.78 is 0. The van der Waals surface area contributed by atoms with Crippen molar-refractivity contribution in [2.75, 3.05) is 24.5 Å². The standard InChI is InChI=1S/C19H29N3O/c1-3-16-8-4-5-12-22(16)17-9-10-20-18(13-17)19(23)21-11-6-7-15(2)14-21/h9-10,13,15-16H,3-8,11-12,14H2,1-2H3. The summed E-state index contributed by atoms with van der Waals surface area (Å²) >= 11 is 0. The minimum Gasteiger partial charge on any atom is -0.368 e. The van der Waals surface area contributed by atoms with Crippen LogP contribution < -0.4 is 4.90 Å². The number of carbonyl (C=O) groups excluding carboxylic acids is 1. The average Bonchev–Trinajstić information content (AvgIpc) is 2.61. The Morgan fingerprint density at radius 1 is 1.26 bits per heavy atom. The lowest BCUT2D eigenvalue weighted by Crippen LogP contribution is -2.40. The molecule has 2 aliphatic heterocycles. The second-order valence-electron chi connectivity index (χ2n) is 7.15. The third-order valence-corrected chi connectivity index (χ3v) is 5.34. The van der Waals surface area contributed by atoms with Crippen LogP contribution in [0.2, 0.25) is 0 Å². The molecule has 4 heteroatoms. The van der Waals surface area contributed by atoms with Gasteiger partial charge in [0.1, 0.15) is 5.69 Å². The zero-order valence-corrected chi connectivity index (χ0v) is 14.5. The molecule has 23 heavy (non-hydrogen) atoms. The number of pyridine rings is 1. The van der Waals surface area contributed by atoms with Gasteiger partial charge in [-0.3, -0.25) is 9.78 Å². The van der Waals surface area contributed by atoms with Crippen LogP contribution in [-0.4, -0.2) is 41.5 Å². The normalized spacial score (nSPS) is 25.5. The molecule has 0 spiro atoms. The van der Waals surface area contributed by atoms with E-state index in [-0.39, 0.29) is 5.91 Å². The van der Waals surface area contributed by atoms with Gasteiger partial charge in [-0.2, -0.15) is 0 Å². The fourth-order valence-corrected chi connectivity index (χ4v) is 4.02. The first-order valence-electron chi connectivity index (χ1n) is 9.21. The van der Waals surface area contributed by atoms with Gasteiger partial charge >= 0.3 is 0 Å². The maximum Gasteiger partial charge on any atom is 0.272 e. The highest BCUT2D eigenvalue weighted by Crippen LogP contribution is 2.27. The van der Waals surface area contributed by atoms with Crippen LogP contribution in [0.4, 0.5) is 5.69 Å². The number of anilines is 1. The van der Waals surface area contributed by atoms with Gasteiger partial charge in [-0.05, 0) is 56.6 Å². The molecule has 0 N–H and O–H groups in total. The summed E-state index contributed by atoms with van der Waals surface area (Å²) in [5.41, 5.74) is 1.77. The second-order valence-corrected chi connectivity index (χ2v) is 7.15. The number of likely N-dealkylation sites (tertiary alicyclic amines) is 1. The number of carbonyl (C=O) groups is 1. The quantitative estimate of drug-likeness (QED) is 0.853. The molecule has 4 nitrogen and oxygen atoms in total. The molecule has 3 heterocycles. The van der Waals surface area contributed by atoms with Crippen LogP contribution in [0.25, 0.3) is 0 Å². The van der Waals surface area contributed by atoms with E-state index in [9.17, 15) is 4.79 Å². The van der Waals surface area contributed by atoms with Crippen LogP contribution in [0.15, 0.2) is 18.3 Å². The van der Waals surface area contributed by atoms with Gasteiger partial charge in [-0.25, -0.2) is 0 Å². The molecule has 0 aliphatic carbocycles. The van der Waals surface area contributed by atoms with Crippen molar-refractivity contribution in [1.29, 1.82) is 0 Å². The summed E-state index contributed by atoms with van der Waals surface area (Å²) in [4.78, 5) is 21.6. The highest BCUT2D eigenvalue weighted by molar-refractivity contribution is 5.93. The molecule has 0 bridgehead atoms. The smallest absolute Gasteiger partial charge is 0.272 e. The van der Waals surface area contributed by atoms with Crippen molar-refractivity contribution in [3.05, 3.63) is 24.0 Å². The van der Waals surface area contributed by atoms with Gasteiger partial charge in [-0.15, -0.1) is 0 Å². The van der Waals surface area contributed by atoms with E-state index in [0.29, 0.717) is 17.7 Å². The molecule has 2 atom stereocenters. The molecule has 1 aromatic rings. The van der Waals surface area contributed by atoms with Crippen LogP contribution in [0.3, 0.4) is 0 Å². The van der Waals surface area contributed by atoms with Crippen molar-refractivity contribution in [3.8, 4) is 0 Å². The molecule has 0 saturated carbocycles. The Balaban J connectivity index is 1.77. The predicted molar refractivity (Wildman–Crippen MR) is 93.8 cm³/mol. The minimum atomic E-state index is 0.100. The van der Waals surface area contributed by atoms with E-state index < -0.39 is 0 Å². The van der Waals surface area contributed by atoms with Gasteiger partial charge in [0.05, 0.1) is 0 Å². The number of aromatic nitrogens is 1. The van der Waals surface area contributed by atoms with Crippen molar-refractivity contribution >= 4 is 11.6 Å². The van der Waals surface area contributed by atoms with E-state index in [1.807, 2.05) is 11.0 Å². The number of hydrogen-bond acceptors (Lipinski definition) is 3. The SMILES string of the molecule is CCC1CCCCN1c1ccnc(C(=O)N2CCCC(C)C2)c1. The molecule has 2 saturated heterocycles. The summed E-state index contributed by atoms with van der Waals surface area (Å²) in [5.74, 6) is 0.700. The third kappa shape index (κ3) is 3.67. The Bertz CT molecular complexity index is 545. The van der Waals surface area contributed by atoms with Crippen LogP contribution in [0.1, 0.15) is 62.9 Å². The van der Waals surface area contributed by atoms with Gasteiger partial charge in [0.25, 0.3) is 5.91 Å². The summed E-state index contributed by atoms with van der Waals surface area (Å²) in [7, 11) is 0. The lowest BCUT2D eigenvalue weighted by Gasteiger charge is -2.37.